The number of halogens is 3. The molecule has 1 fully saturated rings. The number of carbonyl (C=O) groups excluding carboxylic acids is 1. The molecular formula is C14H18Cl3NO. The monoisotopic (exact) mass is 321 g/mol. The van der Waals surface area contributed by atoms with E-state index in [1.54, 1.807) is 4.90 Å². The lowest BCUT2D eigenvalue weighted by Crippen LogP contribution is -2.47. The van der Waals surface area contributed by atoms with E-state index in [0.717, 1.165) is 5.57 Å². The Labute approximate surface area is 129 Å². The molecule has 0 radical (unpaired) electrons. The predicted octanol–water partition coefficient (Wildman–Crippen LogP) is 3.91. The summed E-state index contributed by atoms with van der Waals surface area (Å²) < 4.78 is -1.53. The zero-order chi connectivity index (χ0) is 14.6. The van der Waals surface area contributed by atoms with Crippen molar-refractivity contribution < 1.29 is 4.79 Å². The average molecular weight is 323 g/mol. The van der Waals surface area contributed by atoms with E-state index in [-0.39, 0.29) is 16.8 Å². The Kier molecular flexibility index (Phi) is 3.53. The molecule has 1 saturated heterocycles. The molecule has 5 heteroatoms. The van der Waals surface area contributed by atoms with E-state index < -0.39 is 9.75 Å². The average Bonchev–Trinajstić information content (AvgIpc) is 2.47. The third-order valence-corrected chi connectivity index (χ3v) is 5.69. The first-order valence-corrected chi connectivity index (χ1v) is 7.43. The van der Waals surface area contributed by atoms with Crippen molar-refractivity contribution in [3.05, 3.63) is 23.8 Å². The Hall–Kier alpha value is -0.180. The summed E-state index contributed by atoms with van der Waals surface area (Å²) in [5, 5.41) is -0.385. The van der Waals surface area contributed by atoms with Crippen LogP contribution in [-0.4, -0.2) is 32.6 Å². The lowest BCUT2D eigenvalue weighted by molar-refractivity contribution is -0.132. The highest BCUT2D eigenvalue weighted by molar-refractivity contribution is 6.59. The second kappa shape index (κ2) is 4.41. The van der Waals surface area contributed by atoms with Gasteiger partial charge in [-0.3, -0.25) is 4.79 Å². The predicted molar refractivity (Wildman–Crippen MR) is 80.9 cm³/mol. The van der Waals surface area contributed by atoms with Crippen LogP contribution in [0, 0.1) is 5.41 Å². The maximum absolute atomic E-state index is 12.5. The van der Waals surface area contributed by atoms with Crippen LogP contribution in [0.15, 0.2) is 23.8 Å². The third kappa shape index (κ3) is 2.03. The molecule has 0 aromatic rings. The normalized spacial score (nSPS) is 34.1. The summed E-state index contributed by atoms with van der Waals surface area (Å²) >= 11 is 19.4. The molecule has 1 aliphatic heterocycles. The number of carbonyl (C=O) groups is 1. The molecule has 0 saturated carbocycles. The largest absolute Gasteiger partial charge is 0.334 e. The lowest BCUT2D eigenvalue weighted by atomic mass is 9.76. The highest BCUT2D eigenvalue weighted by Gasteiger charge is 2.66. The smallest absolute Gasteiger partial charge is 0.260 e. The molecule has 1 amide bonds. The first-order valence-electron chi connectivity index (χ1n) is 6.24. The second-order valence-corrected chi connectivity index (χ2v) is 8.07. The molecule has 1 aliphatic carbocycles. The highest BCUT2D eigenvalue weighted by Crippen LogP contribution is 2.56. The van der Waals surface area contributed by atoms with Gasteiger partial charge in [-0.1, -0.05) is 47.0 Å². The lowest BCUT2D eigenvalue weighted by Gasteiger charge is -2.39. The van der Waals surface area contributed by atoms with Crippen LogP contribution in [0.5, 0.6) is 0 Å². The number of hydrogen-bond donors (Lipinski definition) is 0. The maximum Gasteiger partial charge on any atom is 0.260 e. The maximum atomic E-state index is 12.5. The molecular weight excluding hydrogens is 305 g/mol. The van der Waals surface area contributed by atoms with Gasteiger partial charge in [0.25, 0.3) is 5.91 Å². The van der Waals surface area contributed by atoms with E-state index in [4.69, 9.17) is 34.8 Å². The number of likely N-dealkylation sites (tertiary alicyclic amines) is 1. The number of allylic oxidation sites excluding steroid dienone is 3. The molecule has 2 rings (SSSR count). The van der Waals surface area contributed by atoms with E-state index in [2.05, 4.69) is 0 Å². The van der Waals surface area contributed by atoms with Gasteiger partial charge in [-0.2, -0.15) is 0 Å². The summed E-state index contributed by atoms with van der Waals surface area (Å²) in [5.41, 5.74) is -0.144. The Morgan fingerprint density at radius 1 is 1.37 bits per heavy atom. The molecule has 0 bridgehead atoms. The van der Waals surface area contributed by atoms with E-state index in [1.807, 2.05) is 45.9 Å². The SMILES string of the molecule is CC1=CC=CC2(CN(C(C)(C)C)C(=O)C2(Cl)Cl)C1Cl. The van der Waals surface area contributed by atoms with Crippen LogP contribution in [0.4, 0.5) is 0 Å². The molecule has 2 unspecified atom stereocenters. The van der Waals surface area contributed by atoms with Crippen LogP contribution >= 0.6 is 34.8 Å². The summed E-state index contributed by atoms with van der Waals surface area (Å²) in [4.78, 5) is 14.3. The third-order valence-electron chi connectivity index (χ3n) is 3.93. The summed E-state index contributed by atoms with van der Waals surface area (Å²) in [5.74, 6) is -0.270. The van der Waals surface area contributed by atoms with E-state index in [0.29, 0.717) is 6.54 Å². The van der Waals surface area contributed by atoms with Gasteiger partial charge in [0.2, 0.25) is 4.33 Å². The molecule has 0 N–H and O–H groups in total. The molecule has 2 nitrogen and oxygen atoms in total. The van der Waals surface area contributed by atoms with Crippen LogP contribution in [0.3, 0.4) is 0 Å². The molecule has 0 aromatic heterocycles. The quantitative estimate of drug-likeness (QED) is 0.619. The Morgan fingerprint density at radius 2 is 1.95 bits per heavy atom. The summed E-state index contributed by atoms with van der Waals surface area (Å²) in [6, 6.07) is 0. The van der Waals surface area contributed by atoms with Crippen molar-refractivity contribution in [3.8, 4) is 0 Å². The first-order chi connectivity index (χ1) is 8.54. The molecule has 2 aliphatic rings. The second-order valence-electron chi connectivity index (χ2n) is 6.31. The van der Waals surface area contributed by atoms with Gasteiger partial charge in [-0.15, -0.1) is 11.6 Å². The molecule has 19 heavy (non-hydrogen) atoms. The highest BCUT2D eigenvalue weighted by atomic mass is 35.5. The Bertz CT molecular complexity index is 476. The number of nitrogens with zero attached hydrogens (tertiary/aromatic N) is 1. The summed E-state index contributed by atoms with van der Waals surface area (Å²) in [7, 11) is 0. The van der Waals surface area contributed by atoms with Gasteiger partial charge in [-0.05, 0) is 27.7 Å². The van der Waals surface area contributed by atoms with Gasteiger partial charge >= 0.3 is 0 Å². The van der Waals surface area contributed by atoms with Crippen molar-refractivity contribution in [2.75, 3.05) is 6.54 Å². The Morgan fingerprint density at radius 3 is 2.42 bits per heavy atom. The minimum Gasteiger partial charge on any atom is -0.334 e. The zero-order valence-corrected chi connectivity index (χ0v) is 13.8. The number of rotatable bonds is 0. The topological polar surface area (TPSA) is 20.3 Å². The molecule has 1 heterocycles. The minimum atomic E-state index is -1.53. The Balaban J connectivity index is 2.52. The van der Waals surface area contributed by atoms with Gasteiger partial charge in [-0.25, -0.2) is 0 Å². The van der Waals surface area contributed by atoms with E-state index in [9.17, 15) is 4.79 Å². The van der Waals surface area contributed by atoms with Crippen molar-refractivity contribution in [3.63, 3.8) is 0 Å². The van der Waals surface area contributed by atoms with Gasteiger partial charge < -0.3 is 4.90 Å². The van der Waals surface area contributed by atoms with Crippen molar-refractivity contribution in [1.29, 1.82) is 0 Å². The molecule has 1 spiro atoms. The van der Waals surface area contributed by atoms with Gasteiger partial charge in [0.05, 0.1) is 10.8 Å². The number of alkyl halides is 3. The van der Waals surface area contributed by atoms with E-state index >= 15 is 0 Å². The van der Waals surface area contributed by atoms with Gasteiger partial charge in [0.1, 0.15) is 0 Å². The van der Waals surface area contributed by atoms with Crippen molar-refractivity contribution in [1.82, 2.24) is 4.90 Å². The van der Waals surface area contributed by atoms with Crippen molar-refractivity contribution >= 4 is 40.7 Å². The van der Waals surface area contributed by atoms with Crippen LogP contribution in [0.25, 0.3) is 0 Å². The first kappa shape index (κ1) is 15.2. The fourth-order valence-corrected chi connectivity index (χ4v) is 3.84. The number of hydrogen-bond acceptors (Lipinski definition) is 1. The van der Waals surface area contributed by atoms with Crippen LogP contribution < -0.4 is 0 Å². The van der Waals surface area contributed by atoms with Crippen LogP contribution in [0.1, 0.15) is 27.7 Å². The van der Waals surface area contributed by atoms with Crippen LogP contribution in [0.2, 0.25) is 0 Å². The van der Waals surface area contributed by atoms with E-state index in [1.165, 1.54) is 0 Å². The summed E-state index contributed by atoms with van der Waals surface area (Å²) in [6.07, 6.45) is 5.69. The minimum absolute atomic E-state index is 0.270. The standard InChI is InChI=1S/C14H18Cl3NO/c1-9-6-5-7-13(10(9)15)8-18(12(2,3)4)11(19)14(13,16)17/h5-7,10H,8H2,1-4H3. The summed E-state index contributed by atoms with van der Waals surface area (Å²) in [6.45, 7) is 8.25. The fraction of sp³-hybridized carbons (Fsp3) is 0.643. The van der Waals surface area contributed by atoms with Gasteiger partial charge in [0, 0.05) is 12.1 Å². The fourth-order valence-electron chi connectivity index (χ4n) is 2.69. The number of amides is 1. The van der Waals surface area contributed by atoms with Crippen molar-refractivity contribution in [2.45, 2.75) is 42.9 Å². The molecule has 0 aromatic carbocycles. The van der Waals surface area contributed by atoms with Crippen molar-refractivity contribution in [2.24, 2.45) is 5.41 Å². The molecule has 106 valence electrons. The molecule has 2 atom stereocenters. The van der Waals surface area contributed by atoms with Crippen LogP contribution in [-0.2, 0) is 4.79 Å². The van der Waals surface area contributed by atoms with Gasteiger partial charge in [0.15, 0.2) is 0 Å². The zero-order valence-electron chi connectivity index (χ0n) is 11.5.